The molecule has 0 nitrogen and oxygen atoms in total. The van der Waals surface area contributed by atoms with Crippen LogP contribution < -0.4 is 0 Å². The first-order valence-corrected chi connectivity index (χ1v) is 8.00. The summed E-state index contributed by atoms with van der Waals surface area (Å²) in [6, 6.07) is 21.5. The van der Waals surface area contributed by atoms with Crippen LogP contribution in [0, 0.1) is 0 Å². The predicted octanol–water partition coefficient (Wildman–Crippen LogP) is 6.24. The number of benzene rings is 2. The van der Waals surface area contributed by atoms with E-state index in [1.807, 2.05) is 0 Å². The van der Waals surface area contributed by atoms with Crippen LogP contribution in [0.4, 0.5) is 0 Å². The van der Waals surface area contributed by atoms with Crippen molar-refractivity contribution in [1.29, 1.82) is 0 Å². The first-order chi connectivity index (χ1) is 10.2. The van der Waals surface area contributed by atoms with E-state index in [4.69, 9.17) is 0 Å². The van der Waals surface area contributed by atoms with Crippen LogP contribution in [0.3, 0.4) is 0 Å². The van der Waals surface area contributed by atoms with E-state index in [1.165, 1.54) is 29.5 Å². The molecular weight excluding hydrogens is 252 g/mol. The fraction of sp³-hybridized carbons (Fsp3) is 0.333. The Kier molecular flexibility index (Phi) is 5.38. The second-order valence-corrected chi connectivity index (χ2v) is 5.90. The zero-order valence-electron chi connectivity index (χ0n) is 13.3. The van der Waals surface area contributed by atoms with Gasteiger partial charge >= 0.3 is 0 Å². The van der Waals surface area contributed by atoms with Crippen LogP contribution in [0.2, 0.25) is 0 Å². The van der Waals surface area contributed by atoms with Crippen LogP contribution in [0.5, 0.6) is 0 Å². The molecule has 2 rings (SSSR count). The summed E-state index contributed by atoms with van der Waals surface area (Å²) in [6.45, 7) is 8.95. The molecule has 0 N–H and O–H groups in total. The number of hydrogen-bond donors (Lipinski definition) is 0. The molecule has 0 heterocycles. The molecule has 1 unspecified atom stereocenters. The van der Waals surface area contributed by atoms with Crippen molar-refractivity contribution in [3.8, 4) is 0 Å². The van der Waals surface area contributed by atoms with Gasteiger partial charge in [0, 0.05) is 0 Å². The lowest BCUT2D eigenvalue weighted by molar-refractivity contribution is 0.383. The fourth-order valence-corrected chi connectivity index (χ4v) is 3.30. The lowest BCUT2D eigenvalue weighted by atomic mass is 9.70. The smallest absolute Gasteiger partial charge is 0.000937 e. The van der Waals surface area contributed by atoms with Crippen LogP contribution in [0.25, 0.3) is 5.57 Å². The molecule has 2 aromatic rings. The van der Waals surface area contributed by atoms with Crippen LogP contribution in [0.1, 0.15) is 50.7 Å². The summed E-state index contributed by atoms with van der Waals surface area (Å²) in [5, 5.41) is 0. The van der Waals surface area contributed by atoms with Crippen molar-refractivity contribution in [1.82, 2.24) is 0 Å². The molecule has 0 saturated heterocycles. The molecule has 2 aromatic carbocycles. The molecule has 0 aliphatic rings. The van der Waals surface area contributed by atoms with Crippen molar-refractivity contribution in [2.24, 2.45) is 0 Å². The SMILES string of the molecule is C=C(CC(CC)(CCC)c1ccccc1)c1ccccc1. The quantitative estimate of drug-likeness (QED) is 0.562. The van der Waals surface area contributed by atoms with Crippen LogP contribution in [0.15, 0.2) is 67.2 Å². The van der Waals surface area contributed by atoms with E-state index in [1.54, 1.807) is 0 Å². The van der Waals surface area contributed by atoms with Gasteiger partial charge in [-0.25, -0.2) is 0 Å². The molecule has 110 valence electrons. The summed E-state index contributed by atoms with van der Waals surface area (Å²) in [5.74, 6) is 0. The summed E-state index contributed by atoms with van der Waals surface area (Å²) in [6.07, 6.45) is 4.59. The lowest BCUT2D eigenvalue weighted by Crippen LogP contribution is -2.25. The van der Waals surface area contributed by atoms with E-state index in [9.17, 15) is 0 Å². The molecule has 0 aliphatic heterocycles. The minimum atomic E-state index is 0.211. The second kappa shape index (κ2) is 7.26. The molecule has 0 aromatic heterocycles. The fourth-order valence-electron chi connectivity index (χ4n) is 3.30. The first-order valence-electron chi connectivity index (χ1n) is 8.00. The third-order valence-electron chi connectivity index (χ3n) is 4.53. The molecule has 0 aliphatic carbocycles. The van der Waals surface area contributed by atoms with Gasteiger partial charge in [0.05, 0.1) is 0 Å². The Labute approximate surface area is 129 Å². The Morgan fingerprint density at radius 3 is 2.00 bits per heavy atom. The maximum absolute atomic E-state index is 4.37. The zero-order chi connectivity index (χ0) is 15.1. The minimum Gasteiger partial charge on any atom is -0.0952 e. The molecular formula is C21H26. The van der Waals surface area contributed by atoms with Crippen molar-refractivity contribution in [3.05, 3.63) is 78.4 Å². The van der Waals surface area contributed by atoms with Gasteiger partial charge in [0.15, 0.2) is 0 Å². The Morgan fingerprint density at radius 2 is 1.48 bits per heavy atom. The van der Waals surface area contributed by atoms with Gasteiger partial charge in [0.2, 0.25) is 0 Å². The topological polar surface area (TPSA) is 0 Å². The van der Waals surface area contributed by atoms with Gasteiger partial charge in [-0.2, -0.15) is 0 Å². The zero-order valence-corrected chi connectivity index (χ0v) is 13.3. The molecule has 0 heteroatoms. The van der Waals surface area contributed by atoms with Crippen molar-refractivity contribution in [2.45, 2.75) is 44.9 Å². The Bertz CT molecular complexity index is 553. The number of hydrogen-bond acceptors (Lipinski definition) is 0. The van der Waals surface area contributed by atoms with Gasteiger partial charge < -0.3 is 0 Å². The van der Waals surface area contributed by atoms with Crippen molar-refractivity contribution < 1.29 is 0 Å². The average Bonchev–Trinajstić information content (AvgIpc) is 2.56. The van der Waals surface area contributed by atoms with Gasteiger partial charge in [0.1, 0.15) is 0 Å². The van der Waals surface area contributed by atoms with Crippen LogP contribution >= 0.6 is 0 Å². The van der Waals surface area contributed by atoms with E-state index in [2.05, 4.69) is 81.1 Å². The maximum Gasteiger partial charge on any atom is -0.000937 e. The third-order valence-corrected chi connectivity index (χ3v) is 4.53. The number of rotatable bonds is 7. The van der Waals surface area contributed by atoms with Gasteiger partial charge in [-0.1, -0.05) is 87.5 Å². The molecule has 0 fully saturated rings. The highest BCUT2D eigenvalue weighted by Gasteiger charge is 2.30. The summed E-state index contributed by atoms with van der Waals surface area (Å²) in [5.41, 5.74) is 4.17. The molecule has 21 heavy (non-hydrogen) atoms. The predicted molar refractivity (Wildman–Crippen MR) is 93.4 cm³/mol. The van der Waals surface area contributed by atoms with Gasteiger partial charge in [-0.15, -0.1) is 0 Å². The van der Waals surface area contributed by atoms with Gasteiger partial charge in [0.25, 0.3) is 0 Å². The lowest BCUT2D eigenvalue weighted by Gasteiger charge is -2.34. The van der Waals surface area contributed by atoms with E-state index in [0.29, 0.717) is 0 Å². The largest absolute Gasteiger partial charge is 0.0952 e. The van der Waals surface area contributed by atoms with E-state index >= 15 is 0 Å². The molecule has 0 spiro atoms. The maximum atomic E-state index is 4.37. The van der Waals surface area contributed by atoms with E-state index in [-0.39, 0.29) is 5.41 Å². The molecule has 0 saturated carbocycles. The van der Waals surface area contributed by atoms with Crippen LogP contribution in [-0.2, 0) is 5.41 Å². The molecule has 0 radical (unpaired) electrons. The highest BCUT2D eigenvalue weighted by Crippen LogP contribution is 2.40. The van der Waals surface area contributed by atoms with Crippen LogP contribution in [-0.4, -0.2) is 0 Å². The average molecular weight is 278 g/mol. The summed E-state index contributed by atoms with van der Waals surface area (Å²) < 4.78 is 0. The van der Waals surface area contributed by atoms with Gasteiger partial charge in [-0.05, 0) is 41.4 Å². The first kappa shape index (κ1) is 15.6. The Morgan fingerprint density at radius 1 is 0.905 bits per heavy atom. The molecule has 0 bridgehead atoms. The minimum absolute atomic E-state index is 0.211. The standard InChI is InChI=1S/C21H26/c1-4-16-21(5-2,20-14-10-7-11-15-20)17-18(3)19-12-8-6-9-13-19/h6-15H,3-5,16-17H2,1-2H3. The van der Waals surface area contributed by atoms with Crippen molar-refractivity contribution in [2.75, 3.05) is 0 Å². The Hall–Kier alpha value is -1.82. The van der Waals surface area contributed by atoms with Crippen molar-refractivity contribution in [3.63, 3.8) is 0 Å². The second-order valence-electron chi connectivity index (χ2n) is 5.90. The van der Waals surface area contributed by atoms with E-state index < -0.39 is 0 Å². The van der Waals surface area contributed by atoms with Crippen molar-refractivity contribution >= 4 is 5.57 Å². The molecule has 0 amide bonds. The normalized spacial score (nSPS) is 13.6. The van der Waals surface area contributed by atoms with Gasteiger partial charge in [-0.3, -0.25) is 0 Å². The highest BCUT2D eigenvalue weighted by atomic mass is 14.3. The van der Waals surface area contributed by atoms with E-state index in [0.717, 1.165) is 12.8 Å². The highest BCUT2D eigenvalue weighted by molar-refractivity contribution is 5.64. The summed E-state index contributed by atoms with van der Waals surface area (Å²) >= 11 is 0. The Balaban J connectivity index is 2.31. The third kappa shape index (κ3) is 3.64. The summed E-state index contributed by atoms with van der Waals surface area (Å²) in [7, 11) is 0. The summed E-state index contributed by atoms with van der Waals surface area (Å²) in [4.78, 5) is 0. The number of allylic oxidation sites excluding steroid dienone is 1. The monoisotopic (exact) mass is 278 g/mol. The molecule has 1 atom stereocenters.